The van der Waals surface area contributed by atoms with Gasteiger partial charge in [0.1, 0.15) is 18.0 Å². The first-order valence-corrected chi connectivity index (χ1v) is 17.9. The molecule has 1 aliphatic carbocycles. The molecule has 1 unspecified atom stereocenters. The number of hydrogen-bond acceptors (Lipinski definition) is 8. The average molecular weight is 726 g/mol. The summed E-state index contributed by atoms with van der Waals surface area (Å²) < 4.78 is 22.0. The van der Waals surface area contributed by atoms with E-state index in [1.54, 1.807) is 19.1 Å². The third kappa shape index (κ3) is 6.55. The summed E-state index contributed by atoms with van der Waals surface area (Å²) in [5, 5.41) is 26.3. The molecule has 2 atom stereocenters. The minimum Gasteiger partial charge on any atom is -0.483 e. The molecule has 2 aromatic heterocycles. The van der Waals surface area contributed by atoms with Crippen LogP contribution in [0.4, 0.5) is 15.9 Å². The van der Waals surface area contributed by atoms with Crippen LogP contribution in [0.3, 0.4) is 0 Å². The molecule has 3 N–H and O–H groups in total. The van der Waals surface area contributed by atoms with Crippen molar-refractivity contribution in [3.05, 3.63) is 74.9 Å². The van der Waals surface area contributed by atoms with E-state index in [0.29, 0.717) is 38.2 Å². The van der Waals surface area contributed by atoms with E-state index in [9.17, 15) is 5.26 Å². The molecule has 0 radical (unpaired) electrons. The summed E-state index contributed by atoms with van der Waals surface area (Å²) in [4.78, 5) is 10.6. The van der Waals surface area contributed by atoms with Gasteiger partial charge >= 0.3 is 0 Å². The van der Waals surface area contributed by atoms with Crippen molar-refractivity contribution in [3.63, 3.8) is 0 Å². The predicted octanol–water partition coefficient (Wildman–Crippen LogP) is 7.28. The van der Waals surface area contributed by atoms with Gasteiger partial charge in [-0.2, -0.15) is 5.26 Å². The fraction of sp³-hybridized carbons (Fsp3) is 0.357. The zero-order valence-corrected chi connectivity index (χ0v) is 27.0. The van der Waals surface area contributed by atoms with Crippen LogP contribution in [0.5, 0.6) is 5.75 Å². The molecule has 41 heavy (non-hydrogen) atoms. The molecular formula is C28H28Cl2FIN7OP. The third-order valence-corrected chi connectivity index (χ3v) is 9.08. The van der Waals surface area contributed by atoms with Crippen molar-refractivity contribution in [1.82, 2.24) is 15.3 Å². The zero-order valence-electron chi connectivity index (χ0n) is 22.4. The van der Waals surface area contributed by atoms with Gasteiger partial charge in [-0.25, -0.2) is 9.37 Å². The van der Waals surface area contributed by atoms with Crippen molar-refractivity contribution in [2.24, 2.45) is 5.92 Å². The van der Waals surface area contributed by atoms with Crippen LogP contribution in [0.2, 0.25) is 10.0 Å². The summed E-state index contributed by atoms with van der Waals surface area (Å²) in [6.45, 7) is 6.38. The maximum Gasteiger partial charge on any atom is 0.176 e. The molecule has 2 aliphatic rings. The van der Waals surface area contributed by atoms with Gasteiger partial charge in [-0.3, -0.25) is 10.4 Å². The number of hydrogen-bond donors (Lipinski definition) is 3. The van der Waals surface area contributed by atoms with Gasteiger partial charge in [0.2, 0.25) is 0 Å². The number of nitrogens with zero attached hydrogens (tertiary/aromatic N) is 4. The summed E-state index contributed by atoms with van der Waals surface area (Å²) in [5.41, 5.74) is 1.46. The summed E-state index contributed by atoms with van der Waals surface area (Å²) >= 11 is 14.7. The lowest BCUT2D eigenvalue weighted by atomic mass is 9.91. The normalized spacial score (nSPS) is 16.8. The molecule has 1 aliphatic heterocycles. The fourth-order valence-electron chi connectivity index (χ4n) is 4.95. The topological polar surface area (TPSA) is 110 Å². The van der Waals surface area contributed by atoms with E-state index in [-0.39, 0.29) is 28.9 Å². The molecule has 3 heterocycles. The Hall–Kier alpha value is -2.29. The standard InChI is InChI=1S/C28H28Cl2FIN7OP/c1-15(23-19(29)11-35-12-20(23)30)40-22-6-5-21(38-41-32)24(25(22)31)26(34)18-7-17(8-33)27(36-10-18)39-13-28(2,14-39)37-9-16-3-4-16/h5-7,10-12,15-16,34,37-38,41H,3-4,9,13-14H2,1-2H3/t15-/m1/s1. The SMILES string of the molecule is C[C@@H](Oc1ccc(NPI)c(C(=N)c2cnc(N3CC(C)(NCC4CC4)C3)c(C#N)c2)c1F)c1c(Cl)cncc1Cl. The van der Waals surface area contributed by atoms with Gasteiger partial charge in [0.05, 0.1) is 38.1 Å². The first kappa shape index (κ1) is 30.2. The van der Waals surface area contributed by atoms with E-state index >= 15 is 4.39 Å². The molecule has 5 rings (SSSR count). The van der Waals surface area contributed by atoms with Crippen LogP contribution in [0, 0.1) is 28.5 Å². The van der Waals surface area contributed by atoms with E-state index in [0.717, 1.165) is 25.6 Å². The number of rotatable bonds is 11. The van der Waals surface area contributed by atoms with Crippen LogP contribution in [0.15, 0.2) is 36.8 Å². The van der Waals surface area contributed by atoms with Crippen molar-refractivity contribution in [2.75, 3.05) is 29.6 Å². The van der Waals surface area contributed by atoms with Gasteiger partial charge in [0.15, 0.2) is 11.6 Å². The largest absolute Gasteiger partial charge is 0.483 e. The smallest absolute Gasteiger partial charge is 0.176 e. The van der Waals surface area contributed by atoms with E-state index in [4.69, 9.17) is 33.3 Å². The number of benzene rings is 1. The Morgan fingerprint density at radius 1 is 1.32 bits per heavy atom. The second-order valence-electron chi connectivity index (χ2n) is 10.6. The van der Waals surface area contributed by atoms with Crippen molar-refractivity contribution in [3.8, 4) is 11.8 Å². The summed E-state index contributed by atoms with van der Waals surface area (Å²) in [6, 6.07) is 6.98. The van der Waals surface area contributed by atoms with Crippen molar-refractivity contribution >= 4 is 68.8 Å². The van der Waals surface area contributed by atoms with Crippen LogP contribution >= 0.6 is 51.6 Å². The number of nitriles is 1. The first-order valence-electron chi connectivity index (χ1n) is 13.0. The highest BCUT2D eigenvalue weighted by Crippen LogP contribution is 2.38. The Kier molecular flexibility index (Phi) is 9.22. The molecule has 214 valence electrons. The monoisotopic (exact) mass is 725 g/mol. The lowest BCUT2D eigenvalue weighted by Crippen LogP contribution is -2.68. The average Bonchev–Trinajstić information content (AvgIpc) is 3.76. The molecule has 0 bridgehead atoms. The Bertz CT molecular complexity index is 1510. The van der Waals surface area contributed by atoms with Crippen LogP contribution in [-0.4, -0.2) is 40.9 Å². The van der Waals surface area contributed by atoms with Gasteiger partial charge in [0, 0.05) is 49.2 Å². The third-order valence-electron chi connectivity index (χ3n) is 7.31. The van der Waals surface area contributed by atoms with Crippen molar-refractivity contribution < 1.29 is 9.13 Å². The number of pyridine rings is 2. The Labute approximate surface area is 263 Å². The quantitative estimate of drug-likeness (QED) is 0.108. The second-order valence-corrected chi connectivity index (χ2v) is 13.5. The molecule has 0 amide bonds. The lowest BCUT2D eigenvalue weighted by molar-refractivity contribution is 0.216. The van der Waals surface area contributed by atoms with Gasteiger partial charge in [-0.05, 0) is 79.4 Å². The number of ether oxygens (including phenoxy) is 1. The lowest BCUT2D eigenvalue weighted by Gasteiger charge is -2.49. The minimum absolute atomic E-state index is 0.0185. The predicted molar refractivity (Wildman–Crippen MR) is 172 cm³/mol. The molecule has 0 spiro atoms. The van der Waals surface area contributed by atoms with Gasteiger partial charge in [0.25, 0.3) is 0 Å². The molecule has 13 heteroatoms. The fourth-order valence-corrected chi connectivity index (χ4v) is 6.80. The second kappa shape index (κ2) is 12.5. The number of nitrogens with one attached hydrogen (secondary N) is 3. The van der Waals surface area contributed by atoms with E-state index in [1.165, 1.54) is 37.5 Å². The minimum atomic E-state index is -0.717. The molecule has 1 saturated carbocycles. The Morgan fingerprint density at radius 3 is 2.66 bits per heavy atom. The number of halogens is 4. The van der Waals surface area contributed by atoms with Gasteiger partial charge < -0.3 is 20.0 Å². The van der Waals surface area contributed by atoms with Gasteiger partial charge in [-0.1, -0.05) is 23.2 Å². The van der Waals surface area contributed by atoms with Crippen LogP contribution < -0.4 is 20.0 Å². The maximum atomic E-state index is 16.1. The number of anilines is 2. The maximum absolute atomic E-state index is 16.1. The van der Waals surface area contributed by atoms with E-state index in [1.807, 2.05) is 0 Å². The molecule has 2 fully saturated rings. The Morgan fingerprint density at radius 2 is 2.02 bits per heavy atom. The van der Waals surface area contributed by atoms with E-state index in [2.05, 4.69) is 60.3 Å². The highest BCUT2D eigenvalue weighted by Gasteiger charge is 2.41. The van der Waals surface area contributed by atoms with E-state index < -0.39 is 11.9 Å². The van der Waals surface area contributed by atoms with Crippen LogP contribution in [0.1, 0.15) is 55.0 Å². The highest BCUT2D eigenvalue weighted by molar-refractivity contribution is 14.2. The van der Waals surface area contributed by atoms with Crippen LogP contribution in [-0.2, 0) is 0 Å². The summed E-state index contributed by atoms with van der Waals surface area (Å²) in [7, 11) is 0. The van der Waals surface area contributed by atoms with Crippen molar-refractivity contribution in [2.45, 2.75) is 38.3 Å². The molecule has 1 saturated heterocycles. The molecule has 1 aromatic carbocycles. The summed E-state index contributed by atoms with van der Waals surface area (Å²) in [6.07, 6.45) is 6.54. The molecule has 3 aromatic rings. The first-order chi connectivity index (χ1) is 19.6. The molecular weight excluding hydrogens is 698 g/mol. The van der Waals surface area contributed by atoms with Crippen molar-refractivity contribution in [1.29, 1.82) is 10.7 Å². The number of aromatic nitrogens is 2. The van der Waals surface area contributed by atoms with Gasteiger partial charge in [-0.15, -0.1) is 0 Å². The highest BCUT2D eigenvalue weighted by atomic mass is 127. The van der Waals surface area contributed by atoms with Crippen LogP contribution in [0.25, 0.3) is 0 Å². The molecule has 8 nitrogen and oxygen atoms in total. The zero-order chi connectivity index (χ0) is 29.3. The Balaban J connectivity index is 1.40. The summed E-state index contributed by atoms with van der Waals surface area (Å²) in [5.74, 6) is 0.571.